The van der Waals surface area contributed by atoms with Crippen LogP contribution in [0.2, 0.25) is 5.15 Å². The molecule has 1 amide bonds. The smallest absolute Gasteiger partial charge is 0.244 e. The van der Waals surface area contributed by atoms with Crippen LogP contribution >= 0.6 is 11.6 Å². The zero-order chi connectivity index (χ0) is 12.8. The van der Waals surface area contributed by atoms with Crippen LogP contribution in [-0.2, 0) is 4.79 Å². The summed E-state index contributed by atoms with van der Waals surface area (Å²) in [5.41, 5.74) is 0.895. The van der Waals surface area contributed by atoms with E-state index >= 15 is 0 Å². The van der Waals surface area contributed by atoms with E-state index in [9.17, 15) is 4.79 Å². The third-order valence-electron chi connectivity index (χ3n) is 2.21. The number of anilines is 2. The molecule has 0 fully saturated rings. The molecule has 1 heterocycles. The topological polar surface area (TPSA) is 54.0 Å². The van der Waals surface area contributed by atoms with E-state index in [1.807, 2.05) is 30.3 Å². The molecule has 92 valence electrons. The number of hydrogen-bond donors (Lipinski definition) is 2. The Labute approximate surface area is 110 Å². The number of para-hydroxylation sites is 1. The summed E-state index contributed by atoms with van der Waals surface area (Å²) in [6.07, 6.45) is 0. The molecule has 2 N–H and O–H groups in total. The van der Waals surface area contributed by atoms with Crippen LogP contribution in [0.1, 0.15) is 0 Å². The lowest BCUT2D eigenvalue weighted by Gasteiger charge is -2.07. The van der Waals surface area contributed by atoms with E-state index in [-0.39, 0.29) is 12.5 Å². The fourth-order valence-electron chi connectivity index (χ4n) is 1.40. The number of carbonyl (C=O) groups is 1. The normalized spacial score (nSPS) is 9.83. The van der Waals surface area contributed by atoms with Gasteiger partial charge in [-0.3, -0.25) is 4.79 Å². The van der Waals surface area contributed by atoms with Crippen LogP contribution < -0.4 is 10.6 Å². The third-order valence-corrected chi connectivity index (χ3v) is 2.42. The van der Waals surface area contributed by atoms with Crippen LogP contribution in [0.5, 0.6) is 0 Å². The summed E-state index contributed by atoms with van der Waals surface area (Å²) in [5, 5.41) is 6.01. The first-order valence-corrected chi connectivity index (χ1v) is 5.83. The van der Waals surface area contributed by atoms with Crippen molar-refractivity contribution in [1.82, 2.24) is 4.98 Å². The lowest BCUT2D eigenvalue weighted by atomic mass is 10.3. The molecular formula is C13H12ClN3O. The summed E-state index contributed by atoms with van der Waals surface area (Å²) in [4.78, 5) is 15.6. The summed E-state index contributed by atoms with van der Waals surface area (Å²) in [6.45, 7) is 0.179. The fourth-order valence-corrected chi connectivity index (χ4v) is 1.57. The van der Waals surface area contributed by atoms with E-state index in [0.29, 0.717) is 11.0 Å². The highest BCUT2D eigenvalue weighted by Crippen LogP contribution is 2.09. The minimum absolute atomic E-state index is 0.173. The summed E-state index contributed by atoms with van der Waals surface area (Å²) < 4.78 is 0. The van der Waals surface area contributed by atoms with Gasteiger partial charge in [0, 0.05) is 5.69 Å². The van der Waals surface area contributed by atoms with Gasteiger partial charge < -0.3 is 10.6 Å². The molecule has 0 aliphatic heterocycles. The van der Waals surface area contributed by atoms with Gasteiger partial charge in [-0.1, -0.05) is 35.9 Å². The van der Waals surface area contributed by atoms with Crippen molar-refractivity contribution in [3.8, 4) is 0 Å². The predicted molar refractivity (Wildman–Crippen MR) is 72.8 cm³/mol. The van der Waals surface area contributed by atoms with Crippen molar-refractivity contribution >= 4 is 29.0 Å². The Balaban J connectivity index is 1.86. The second kappa shape index (κ2) is 6.02. The van der Waals surface area contributed by atoms with Gasteiger partial charge in [-0.15, -0.1) is 0 Å². The highest BCUT2D eigenvalue weighted by atomic mass is 35.5. The van der Waals surface area contributed by atoms with Crippen molar-refractivity contribution in [1.29, 1.82) is 0 Å². The molecule has 1 aromatic carbocycles. The fraction of sp³-hybridized carbons (Fsp3) is 0.0769. The first-order chi connectivity index (χ1) is 8.74. The SMILES string of the molecule is O=C(CNc1ccccc1)Nc1cccc(Cl)n1. The molecule has 4 nitrogen and oxygen atoms in total. The van der Waals surface area contributed by atoms with Gasteiger partial charge in [0.2, 0.25) is 5.91 Å². The molecule has 18 heavy (non-hydrogen) atoms. The van der Waals surface area contributed by atoms with E-state index in [0.717, 1.165) is 5.69 Å². The van der Waals surface area contributed by atoms with E-state index in [4.69, 9.17) is 11.6 Å². The molecule has 5 heteroatoms. The standard InChI is InChI=1S/C13H12ClN3O/c14-11-7-4-8-12(16-11)17-13(18)9-15-10-5-2-1-3-6-10/h1-8,15H,9H2,(H,16,17,18). The van der Waals surface area contributed by atoms with Crippen LogP contribution in [0, 0.1) is 0 Å². The number of nitrogens with zero attached hydrogens (tertiary/aromatic N) is 1. The van der Waals surface area contributed by atoms with Gasteiger partial charge in [0.15, 0.2) is 0 Å². The third kappa shape index (κ3) is 3.75. The average molecular weight is 262 g/mol. The largest absolute Gasteiger partial charge is 0.376 e. The van der Waals surface area contributed by atoms with Gasteiger partial charge in [-0.25, -0.2) is 4.98 Å². The minimum Gasteiger partial charge on any atom is -0.376 e. The maximum absolute atomic E-state index is 11.6. The summed E-state index contributed by atoms with van der Waals surface area (Å²) in [5.74, 6) is 0.274. The summed E-state index contributed by atoms with van der Waals surface area (Å²) in [7, 11) is 0. The monoisotopic (exact) mass is 261 g/mol. The van der Waals surface area contributed by atoms with Gasteiger partial charge in [-0.2, -0.15) is 0 Å². The zero-order valence-corrected chi connectivity index (χ0v) is 10.3. The van der Waals surface area contributed by atoms with E-state index < -0.39 is 0 Å². The molecule has 0 aliphatic carbocycles. The van der Waals surface area contributed by atoms with Crippen molar-refractivity contribution < 1.29 is 4.79 Å². The predicted octanol–water partition coefficient (Wildman–Crippen LogP) is 2.79. The van der Waals surface area contributed by atoms with Gasteiger partial charge in [0.1, 0.15) is 11.0 Å². The molecule has 0 saturated carbocycles. The molecule has 2 rings (SSSR count). The Bertz CT molecular complexity index is 531. The van der Waals surface area contributed by atoms with Gasteiger partial charge >= 0.3 is 0 Å². The van der Waals surface area contributed by atoms with Crippen LogP contribution in [0.3, 0.4) is 0 Å². The van der Waals surface area contributed by atoms with Crippen LogP contribution in [0.25, 0.3) is 0 Å². The Morgan fingerprint density at radius 2 is 1.89 bits per heavy atom. The zero-order valence-electron chi connectivity index (χ0n) is 9.56. The number of nitrogens with one attached hydrogen (secondary N) is 2. The molecule has 0 saturated heterocycles. The lowest BCUT2D eigenvalue weighted by Crippen LogP contribution is -2.22. The number of aromatic nitrogens is 1. The highest BCUT2D eigenvalue weighted by Gasteiger charge is 2.03. The quantitative estimate of drug-likeness (QED) is 0.832. The minimum atomic E-state index is -0.173. The number of amides is 1. The van der Waals surface area contributed by atoms with Crippen molar-refractivity contribution in [2.24, 2.45) is 0 Å². The van der Waals surface area contributed by atoms with Crippen LogP contribution in [-0.4, -0.2) is 17.4 Å². The van der Waals surface area contributed by atoms with Crippen molar-refractivity contribution in [3.05, 3.63) is 53.7 Å². The van der Waals surface area contributed by atoms with Crippen LogP contribution in [0.4, 0.5) is 11.5 Å². The highest BCUT2D eigenvalue weighted by molar-refractivity contribution is 6.29. The Morgan fingerprint density at radius 3 is 2.61 bits per heavy atom. The summed E-state index contributed by atoms with van der Waals surface area (Å²) in [6, 6.07) is 14.6. The Hall–Kier alpha value is -2.07. The van der Waals surface area contributed by atoms with E-state index in [1.165, 1.54) is 0 Å². The average Bonchev–Trinajstić information content (AvgIpc) is 2.38. The molecule has 0 aliphatic rings. The number of benzene rings is 1. The molecule has 0 bridgehead atoms. The number of rotatable bonds is 4. The van der Waals surface area contributed by atoms with Crippen molar-refractivity contribution in [2.75, 3.05) is 17.2 Å². The molecule has 2 aromatic rings. The van der Waals surface area contributed by atoms with Crippen molar-refractivity contribution in [2.45, 2.75) is 0 Å². The maximum Gasteiger partial charge on any atom is 0.244 e. The second-order valence-corrected chi connectivity index (χ2v) is 4.00. The molecule has 0 atom stereocenters. The number of hydrogen-bond acceptors (Lipinski definition) is 3. The first-order valence-electron chi connectivity index (χ1n) is 5.45. The number of halogens is 1. The van der Waals surface area contributed by atoms with Gasteiger partial charge in [0.25, 0.3) is 0 Å². The van der Waals surface area contributed by atoms with Crippen LogP contribution in [0.15, 0.2) is 48.5 Å². The van der Waals surface area contributed by atoms with Gasteiger partial charge in [-0.05, 0) is 24.3 Å². The number of pyridine rings is 1. The number of carbonyl (C=O) groups excluding carboxylic acids is 1. The molecule has 0 unspecified atom stereocenters. The Kier molecular flexibility index (Phi) is 4.15. The van der Waals surface area contributed by atoms with E-state index in [1.54, 1.807) is 18.2 Å². The molecule has 0 radical (unpaired) electrons. The molecule has 0 spiro atoms. The van der Waals surface area contributed by atoms with Crippen molar-refractivity contribution in [3.63, 3.8) is 0 Å². The van der Waals surface area contributed by atoms with Gasteiger partial charge in [0.05, 0.1) is 6.54 Å². The first kappa shape index (κ1) is 12.4. The molecule has 1 aromatic heterocycles. The van der Waals surface area contributed by atoms with E-state index in [2.05, 4.69) is 15.6 Å². The Morgan fingerprint density at radius 1 is 1.11 bits per heavy atom. The maximum atomic E-state index is 11.6. The second-order valence-electron chi connectivity index (χ2n) is 3.61. The lowest BCUT2D eigenvalue weighted by molar-refractivity contribution is -0.114. The molecular weight excluding hydrogens is 250 g/mol. The summed E-state index contributed by atoms with van der Waals surface area (Å²) >= 11 is 5.72.